The number of nitrogens with zero attached hydrogens (tertiary/aromatic N) is 2. The number of aldehydes is 1. The normalized spacial score (nSPS) is 10.5. The van der Waals surface area contributed by atoms with E-state index in [1.165, 1.54) is 12.3 Å². The van der Waals surface area contributed by atoms with Crippen LogP contribution in [0.1, 0.15) is 10.4 Å². The average molecular weight is 176 g/mol. The van der Waals surface area contributed by atoms with E-state index in [0.717, 1.165) is 0 Å². The van der Waals surface area contributed by atoms with Crippen molar-refractivity contribution < 1.29 is 9.90 Å². The third kappa shape index (κ3) is 0.989. The first-order valence-corrected chi connectivity index (χ1v) is 3.82. The summed E-state index contributed by atoms with van der Waals surface area (Å²) in [5, 5.41) is 10.00. The van der Waals surface area contributed by atoms with Gasteiger partial charge in [0.25, 0.3) is 0 Å². The van der Waals surface area contributed by atoms with Gasteiger partial charge >= 0.3 is 0 Å². The van der Waals surface area contributed by atoms with Crippen LogP contribution in [0, 0.1) is 0 Å². The lowest BCUT2D eigenvalue weighted by Gasteiger charge is -1.95. The van der Waals surface area contributed by atoms with E-state index in [2.05, 4.69) is 4.98 Å². The quantitative estimate of drug-likeness (QED) is 0.662. The Morgan fingerprint density at radius 1 is 1.62 bits per heavy atom. The number of aromatic nitrogens is 2. The molecule has 4 heteroatoms. The van der Waals surface area contributed by atoms with E-state index in [0.29, 0.717) is 22.9 Å². The number of carbonyl (C=O) groups is 1. The molecule has 0 saturated carbocycles. The summed E-state index contributed by atoms with van der Waals surface area (Å²) in [5.41, 5.74) is 1.07. The Labute approximate surface area is 74.4 Å². The van der Waals surface area contributed by atoms with Gasteiger partial charge in [0.05, 0.1) is 5.39 Å². The van der Waals surface area contributed by atoms with Gasteiger partial charge in [-0.2, -0.15) is 0 Å². The second-order valence-corrected chi connectivity index (χ2v) is 2.84. The summed E-state index contributed by atoms with van der Waals surface area (Å²) < 4.78 is 1.71. The first-order valence-electron chi connectivity index (χ1n) is 3.82. The number of aromatic hydroxyl groups is 1. The minimum atomic E-state index is 0.0905. The molecule has 0 fully saturated rings. The van der Waals surface area contributed by atoms with Gasteiger partial charge in [0.15, 0.2) is 6.29 Å². The zero-order chi connectivity index (χ0) is 9.42. The second kappa shape index (κ2) is 2.58. The van der Waals surface area contributed by atoms with Crippen molar-refractivity contribution in [1.82, 2.24) is 9.55 Å². The molecule has 0 atom stereocenters. The van der Waals surface area contributed by atoms with Crippen molar-refractivity contribution >= 4 is 17.3 Å². The third-order valence-corrected chi connectivity index (χ3v) is 1.99. The number of carbonyl (C=O) groups excluding carboxylic acids is 1. The van der Waals surface area contributed by atoms with E-state index in [1.807, 2.05) is 0 Å². The Balaban J connectivity index is 2.96. The lowest BCUT2D eigenvalue weighted by molar-refractivity contribution is 0.112. The van der Waals surface area contributed by atoms with Gasteiger partial charge in [0.1, 0.15) is 11.4 Å². The molecule has 0 bridgehead atoms. The van der Waals surface area contributed by atoms with Gasteiger partial charge in [-0.25, -0.2) is 4.98 Å². The van der Waals surface area contributed by atoms with Crippen LogP contribution in [-0.2, 0) is 7.05 Å². The highest BCUT2D eigenvalue weighted by atomic mass is 16.3. The summed E-state index contributed by atoms with van der Waals surface area (Å²) in [6.45, 7) is 0. The number of aryl methyl sites for hydroxylation is 1. The van der Waals surface area contributed by atoms with Crippen LogP contribution < -0.4 is 0 Å². The van der Waals surface area contributed by atoms with Gasteiger partial charge in [-0.3, -0.25) is 4.79 Å². The predicted molar refractivity (Wildman–Crippen MR) is 47.8 cm³/mol. The Morgan fingerprint density at radius 3 is 3.08 bits per heavy atom. The largest absolute Gasteiger partial charge is 0.507 e. The number of pyridine rings is 1. The Bertz CT molecular complexity index is 474. The number of rotatable bonds is 1. The minimum Gasteiger partial charge on any atom is -0.507 e. The van der Waals surface area contributed by atoms with Crippen LogP contribution in [-0.4, -0.2) is 20.9 Å². The molecule has 2 heterocycles. The molecule has 66 valence electrons. The van der Waals surface area contributed by atoms with Gasteiger partial charge in [0.2, 0.25) is 0 Å². The first kappa shape index (κ1) is 7.79. The Kier molecular flexibility index (Phi) is 1.55. The van der Waals surface area contributed by atoms with Crippen LogP contribution in [0.2, 0.25) is 0 Å². The summed E-state index contributed by atoms with van der Waals surface area (Å²) >= 11 is 0. The monoisotopic (exact) mass is 176 g/mol. The van der Waals surface area contributed by atoms with Gasteiger partial charge in [-0.1, -0.05) is 0 Å². The van der Waals surface area contributed by atoms with Crippen molar-refractivity contribution in [2.75, 3.05) is 0 Å². The van der Waals surface area contributed by atoms with Gasteiger partial charge < -0.3 is 9.67 Å². The highest BCUT2D eigenvalue weighted by Gasteiger charge is 2.09. The van der Waals surface area contributed by atoms with E-state index in [1.54, 1.807) is 17.8 Å². The lowest BCUT2D eigenvalue weighted by Crippen LogP contribution is -1.86. The van der Waals surface area contributed by atoms with Crippen molar-refractivity contribution in [3.63, 3.8) is 0 Å². The summed E-state index contributed by atoms with van der Waals surface area (Å²) in [6, 6.07) is 1.47. The molecular weight excluding hydrogens is 168 g/mol. The average Bonchev–Trinajstić information content (AvgIpc) is 2.45. The molecule has 0 aliphatic heterocycles. The van der Waals surface area contributed by atoms with Crippen LogP contribution in [0.4, 0.5) is 0 Å². The van der Waals surface area contributed by atoms with Crippen LogP contribution in [0.15, 0.2) is 18.5 Å². The van der Waals surface area contributed by atoms with E-state index in [-0.39, 0.29) is 5.75 Å². The number of hydrogen-bond acceptors (Lipinski definition) is 3. The van der Waals surface area contributed by atoms with E-state index in [9.17, 15) is 9.90 Å². The predicted octanol–water partition coefficient (Wildman–Crippen LogP) is 1.09. The standard InChI is InChI=1S/C9H8N2O2/c1-11-4-6(5-12)8-7(13)2-3-10-9(8)11/h2-5H,1H3,(H,10,13). The van der Waals surface area contributed by atoms with Crippen molar-refractivity contribution in [3.05, 3.63) is 24.0 Å². The SMILES string of the molecule is Cn1cc(C=O)c2c(O)ccnc21. The molecule has 0 spiro atoms. The van der Waals surface area contributed by atoms with E-state index in [4.69, 9.17) is 0 Å². The van der Waals surface area contributed by atoms with Crippen molar-refractivity contribution in [1.29, 1.82) is 0 Å². The fraction of sp³-hybridized carbons (Fsp3) is 0.111. The van der Waals surface area contributed by atoms with Gasteiger partial charge in [0, 0.05) is 25.0 Å². The van der Waals surface area contributed by atoms with Crippen LogP contribution >= 0.6 is 0 Å². The maximum Gasteiger partial charge on any atom is 0.152 e. The van der Waals surface area contributed by atoms with E-state index < -0.39 is 0 Å². The highest BCUT2D eigenvalue weighted by molar-refractivity contribution is 5.99. The lowest BCUT2D eigenvalue weighted by atomic mass is 10.2. The second-order valence-electron chi connectivity index (χ2n) is 2.84. The smallest absolute Gasteiger partial charge is 0.152 e. The molecule has 0 aliphatic rings. The molecule has 13 heavy (non-hydrogen) atoms. The zero-order valence-electron chi connectivity index (χ0n) is 7.06. The molecular formula is C9H8N2O2. The summed E-state index contributed by atoms with van der Waals surface area (Å²) in [6.07, 6.45) is 3.86. The van der Waals surface area contributed by atoms with Gasteiger partial charge in [-0.15, -0.1) is 0 Å². The molecule has 0 amide bonds. The molecule has 1 N–H and O–H groups in total. The molecule has 4 nitrogen and oxygen atoms in total. The molecule has 0 saturated heterocycles. The topological polar surface area (TPSA) is 55.1 Å². The van der Waals surface area contributed by atoms with E-state index >= 15 is 0 Å². The fourth-order valence-corrected chi connectivity index (χ4v) is 1.41. The summed E-state index contributed by atoms with van der Waals surface area (Å²) in [4.78, 5) is 14.7. The minimum absolute atomic E-state index is 0.0905. The zero-order valence-corrected chi connectivity index (χ0v) is 7.06. The molecule has 0 aliphatic carbocycles. The Morgan fingerprint density at radius 2 is 2.38 bits per heavy atom. The van der Waals surface area contributed by atoms with Gasteiger partial charge in [-0.05, 0) is 6.07 Å². The van der Waals surface area contributed by atoms with Crippen molar-refractivity contribution in [2.24, 2.45) is 7.05 Å². The van der Waals surface area contributed by atoms with Crippen LogP contribution in [0.5, 0.6) is 5.75 Å². The molecule has 2 aromatic heterocycles. The molecule has 2 aromatic rings. The molecule has 0 unspecified atom stereocenters. The van der Waals surface area contributed by atoms with Crippen LogP contribution in [0.25, 0.3) is 11.0 Å². The highest BCUT2D eigenvalue weighted by Crippen LogP contribution is 2.25. The first-order chi connectivity index (χ1) is 6.24. The fourth-order valence-electron chi connectivity index (χ4n) is 1.41. The molecule has 0 aromatic carbocycles. The molecule has 2 rings (SSSR count). The summed E-state index contributed by atoms with van der Waals surface area (Å²) in [5.74, 6) is 0.0905. The Hall–Kier alpha value is -1.84. The summed E-state index contributed by atoms with van der Waals surface area (Å²) in [7, 11) is 1.78. The number of fused-ring (bicyclic) bond motifs is 1. The van der Waals surface area contributed by atoms with Crippen molar-refractivity contribution in [2.45, 2.75) is 0 Å². The molecule has 0 radical (unpaired) electrons. The maximum atomic E-state index is 10.6. The number of hydrogen-bond donors (Lipinski definition) is 1. The maximum absolute atomic E-state index is 10.6. The third-order valence-electron chi connectivity index (χ3n) is 1.99. The van der Waals surface area contributed by atoms with Crippen molar-refractivity contribution in [3.8, 4) is 5.75 Å². The van der Waals surface area contributed by atoms with Crippen LogP contribution in [0.3, 0.4) is 0 Å².